The molecule has 20 heavy (non-hydrogen) atoms. The highest BCUT2D eigenvalue weighted by molar-refractivity contribution is 5.31. The standard InChI is InChI=1S/C17H25N3/c1-14(15-9-10-15)20(3)12-11-17(13-18,19-2)16-7-5-4-6-8-16/h4-8,14-15,19H,9-12H2,1-3H3. The van der Waals surface area contributed by atoms with E-state index in [1.54, 1.807) is 0 Å². The highest BCUT2D eigenvalue weighted by atomic mass is 15.1. The number of rotatable bonds is 7. The van der Waals surface area contributed by atoms with Gasteiger partial charge in [-0.1, -0.05) is 30.3 Å². The van der Waals surface area contributed by atoms with E-state index in [0.29, 0.717) is 6.04 Å². The summed E-state index contributed by atoms with van der Waals surface area (Å²) in [7, 11) is 4.05. The zero-order chi connectivity index (χ0) is 14.6. The van der Waals surface area contributed by atoms with Gasteiger partial charge in [-0.15, -0.1) is 0 Å². The minimum Gasteiger partial charge on any atom is -0.303 e. The van der Waals surface area contributed by atoms with Crippen molar-refractivity contribution in [2.24, 2.45) is 5.92 Å². The third-order valence-corrected chi connectivity index (χ3v) is 4.72. The Labute approximate surface area is 122 Å². The lowest BCUT2D eigenvalue weighted by Gasteiger charge is -2.31. The van der Waals surface area contributed by atoms with Crippen LogP contribution in [-0.2, 0) is 5.54 Å². The molecule has 0 bridgehead atoms. The van der Waals surface area contributed by atoms with Crippen LogP contribution in [0.4, 0.5) is 0 Å². The van der Waals surface area contributed by atoms with Crippen molar-refractivity contribution in [2.45, 2.75) is 37.8 Å². The van der Waals surface area contributed by atoms with Gasteiger partial charge < -0.3 is 4.90 Å². The van der Waals surface area contributed by atoms with Crippen LogP contribution < -0.4 is 5.32 Å². The maximum absolute atomic E-state index is 9.67. The maximum atomic E-state index is 9.67. The Hall–Kier alpha value is -1.37. The van der Waals surface area contributed by atoms with Gasteiger partial charge in [0.15, 0.2) is 0 Å². The topological polar surface area (TPSA) is 39.1 Å². The van der Waals surface area contributed by atoms with Crippen LogP contribution in [0, 0.1) is 17.2 Å². The van der Waals surface area contributed by atoms with Crippen LogP contribution in [0.15, 0.2) is 30.3 Å². The fourth-order valence-corrected chi connectivity index (χ4v) is 2.80. The molecule has 1 aliphatic carbocycles. The zero-order valence-electron chi connectivity index (χ0n) is 12.8. The van der Waals surface area contributed by atoms with Crippen LogP contribution in [0.5, 0.6) is 0 Å². The normalized spacial score (nSPS) is 19.4. The molecule has 2 atom stereocenters. The summed E-state index contributed by atoms with van der Waals surface area (Å²) in [5.41, 5.74) is 0.469. The lowest BCUT2D eigenvalue weighted by Crippen LogP contribution is -2.43. The minimum absolute atomic E-state index is 0.585. The predicted molar refractivity (Wildman–Crippen MR) is 82.2 cm³/mol. The van der Waals surface area contributed by atoms with Gasteiger partial charge in [0, 0.05) is 12.6 Å². The molecule has 0 aliphatic heterocycles. The summed E-state index contributed by atoms with van der Waals surface area (Å²) < 4.78 is 0. The van der Waals surface area contributed by atoms with Crippen LogP contribution in [-0.4, -0.2) is 31.6 Å². The number of hydrogen-bond donors (Lipinski definition) is 1. The van der Waals surface area contributed by atoms with E-state index in [9.17, 15) is 5.26 Å². The van der Waals surface area contributed by atoms with Gasteiger partial charge in [0.2, 0.25) is 0 Å². The summed E-state index contributed by atoms with van der Waals surface area (Å²) in [5, 5.41) is 12.9. The molecule has 1 fully saturated rings. The number of nitrogens with one attached hydrogen (secondary N) is 1. The van der Waals surface area contributed by atoms with E-state index in [2.05, 4.69) is 30.3 Å². The molecule has 3 nitrogen and oxygen atoms in total. The molecule has 108 valence electrons. The minimum atomic E-state index is -0.585. The zero-order valence-corrected chi connectivity index (χ0v) is 12.8. The van der Waals surface area contributed by atoms with Gasteiger partial charge in [0.05, 0.1) is 6.07 Å². The molecular formula is C17H25N3. The highest BCUT2D eigenvalue weighted by Gasteiger charge is 2.34. The van der Waals surface area contributed by atoms with Crippen LogP contribution in [0.3, 0.4) is 0 Å². The largest absolute Gasteiger partial charge is 0.303 e. The van der Waals surface area contributed by atoms with Crippen LogP contribution in [0.1, 0.15) is 31.7 Å². The summed E-state index contributed by atoms with van der Waals surface area (Å²) in [5.74, 6) is 0.864. The monoisotopic (exact) mass is 271 g/mol. The first kappa shape index (κ1) is 15.0. The van der Waals surface area contributed by atoms with E-state index in [1.165, 1.54) is 12.8 Å². The molecule has 0 saturated heterocycles. The Morgan fingerprint density at radius 1 is 1.40 bits per heavy atom. The van der Waals surface area contributed by atoms with Crippen molar-refractivity contribution in [2.75, 3.05) is 20.6 Å². The van der Waals surface area contributed by atoms with E-state index in [0.717, 1.165) is 24.4 Å². The molecular weight excluding hydrogens is 246 g/mol. The molecule has 1 aromatic rings. The molecule has 1 saturated carbocycles. The average molecular weight is 271 g/mol. The fourth-order valence-electron chi connectivity index (χ4n) is 2.80. The van der Waals surface area contributed by atoms with Crippen LogP contribution in [0.25, 0.3) is 0 Å². The fraction of sp³-hybridized carbons (Fsp3) is 0.588. The maximum Gasteiger partial charge on any atom is 0.133 e. The Balaban J connectivity index is 2.04. The Morgan fingerprint density at radius 2 is 2.05 bits per heavy atom. The molecule has 2 rings (SSSR count). The highest BCUT2D eigenvalue weighted by Crippen LogP contribution is 2.35. The molecule has 1 N–H and O–H groups in total. The van der Waals surface area contributed by atoms with Crippen molar-refractivity contribution in [1.29, 1.82) is 5.26 Å². The van der Waals surface area contributed by atoms with Crippen molar-refractivity contribution in [3.8, 4) is 6.07 Å². The molecule has 0 radical (unpaired) electrons. The Bertz CT molecular complexity index is 461. The molecule has 0 aromatic heterocycles. The summed E-state index contributed by atoms with van der Waals surface area (Å²) >= 11 is 0. The van der Waals surface area contributed by atoms with E-state index < -0.39 is 5.54 Å². The first-order valence-electron chi connectivity index (χ1n) is 7.49. The molecule has 0 heterocycles. The van der Waals surface area contributed by atoms with Gasteiger partial charge in [-0.2, -0.15) is 5.26 Å². The second kappa shape index (κ2) is 6.39. The van der Waals surface area contributed by atoms with Gasteiger partial charge in [-0.25, -0.2) is 0 Å². The van der Waals surface area contributed by atoms with E-state index in [-0.39, 0.29) is 0 Å². The Kier molecular flexibility index (Phi) is 4.80. The Morgan fingerprint density at radius 3 is 2.55 bits per heavy atom. The SMILES string of the molecule is CNC(C#N)(CCN(C)C(C)C1CC1)c1ccccc1. The van der Waals surface area contributed by atoms with Gasteiger partial charge in [-0.3, -0.25) is 5.32 Å². The van der Waals surface area contributed by atoms with Crippen LogP contribution in [0.2, 0.25) is 0 Å². The first-order chi connectivity index (χ1) is 9.63. The average Bonchev–Trinajstić information content (AvgIpc) is 3.33. The molecule has 2 unspecified atom stereocenters. The van der Waals surface area contributed by atoms with Gasteiger partial charge in [0.1, 0.15) is 5.54 Å². The molecule has 1 aliphatic rings. The van der Waals surface area contributed by atoms with Gasteiger partial charge in [0.25, 0.3) is 0 Å². The van der Waals surface area contributed by atoms with E-state index in [4.69, 9.17) is 0 Å². The number of nitrogens with zero attached hydrogens (tertiary/aromatic N) is 2. The summed E-state index contributed by atoms with van der Waals surface area (Å²) in [6.45, 7) is 3.23. The summed E-state index contributed by atoms with van der Waals surface area (Å²) in [4.78, 5) is 2.39. The van der Waals surface area contributed by atoms with Gasteiger partial charge in [-0.05, 0) is 51.8 Å². The lowest BCUT2D eigenvalue weighted by molar-refractivity contribution is 0.212. The predicted octanol–water partition coefficient (Wildman–Crippen LogP) is 2.75. The van der Waals surface area contributed by atoms with Crippen molar-refractivity contribution in [1.82, 2.24) is 10.2 Å². The number of benzene rings is 1. The second-order valence-electron chi connectivity index (χ2n) is 5.94. The van der Waals surface area contributed by atoms with Crippen molar-refractivity contribution in [3.05, 3.63) is 35.9 Å². The van der Waals surface area contributed by atoms with E-state index in [1.807, 2.05) is 37.4 Å². The number of hydrogen-bond acceptors (Lipinski definition) is 3. The molecule has 0 amide bonds. The van der Waals surface area contributed by atoms with Crippen LogP contribution >= 0.6 is 0 Å². The molecule has 0 spiro atoms. The third kappa shape index (κ3) is 3.20. The van der Waals surface area contributed by atoms with Crippen molar-refractivity contribution >= 4 is 0 Å². The quantitative estimate of drug-likeness (QED) is 0.829. The smallest absolute Gasteiger partial charge is 0.133 e. The summed E-state index contributed by atoms with van der Waals surface area (Å²) in [6, 6.07) is 13.1. The molecule has 1 aromatic carbocycles. The summed E-state index contributed by atoms with van der Waals surface area (Å²) in [6.07, 6.45) is 3.52. The molecule has 3 heteroatoms. The van der Waals surface area contributed by atoms with E-state index >= 15 is 0 Å². The first-order valence-corrected chi connectivity index (χ1v) is 7.49. The van der Waals surface area contributed by atoms with Crippen molar-refractivity contribution < 1.29 is 0 Å². The number of nitriles is 1. The van der Waals surface area contributed by atoms with Gasteiger partial charge >= 0.3 is 0 Å². The van der Waals surface area contributed by atoms with Crippen molar-refractivity contribution in [3.63, 3.8) is 0 Å². The third-order valence-electron chi connectivity index (χ3n) is 4.72. The second-order valence-corrected chi connectivity index (χ2v) is 5.94. The lowest BCUT2D eigenvalue weighted by atomic mass is 9.88.